The highest BCUT2D eigenvalue weighted by molar-refractivity contribution is 5.98. The molecule has 3 heterocycles. The number of rotatable bonds is 4. The lowest BCUT2D eigenvalue weighted by Crippen LogP contribution is -2.39. The Morgan fingerprint density at radius 3 is 2.85 bits per heavy atom. The molecule has 7 nitrogen and oxygen atoms in total. The SMILES string of the molecule is NC(C=O)CNC(=O)c1cc2cc3c4c(c2oc1=O)CCCN4CCC3. The number of aryl methyl sites for hydroxylation is 2. The number of nitrogens with zero attached hydrogens (tertiary/aromatic N) is 1. The number of carbonyl (C=O) groups is 2. The number of amides is 1. The second-order valence-corrected chi connectivity index (χ2v) is 6.93. The molecule has 2 aromatic rings. The first kappa shape index (κ1) is 16.8. The normalized spacial score (nSPS) is 16.9. The van der Waals surface area contributed by atoms with Crippen molar-refractivity contribution in [3.05, 3.63) is 39.2 Å². The number of aldehydes is 1. The highest BCUT2D eigenvalue weighted by atomic mass is 16.4. The highest BCUT2D eigenvalue weighted by Crippen LogP contribution is 2.39. The standard InChI is InChI=1S/C19H21N3O4/c20-13(10-23)9-21-18(24)15-8-12-7-11-3-1-5-22-6-2-4-14(16(11)22)17(12)26-19(15)25/h7-8,10,13H,1-6,9,20H2,(H,21,24). The molecule has 2 aliphatic rings. The molecule has 7 heteroatoms. The number of hydrogen-bond acceptors (Lipinski definition) is 6. The van der Waals surface area contributed by atoms with E-state index in [9.17, 15) is 14.4 Å². The van der Waals surface area contributed by atoms with Gasteiger partial charge in [-0.25, -0.2) is 4.79 Å². The van der Waals surface area contributed by atoms with Crippen molar-refractivity contribution in [1.29, 1.82) is 0 Å². The number of nitrogens with one attached hydrogen (secondary N) is 1. The number of benzene rings is 1. The fourth-order valence-corrected chi connectivity index (χ4v) is 3.96. The Balaban J connectivity index is 1.78. The maximum absolute atomic E-state index is 12.4. The van der Waals surface area contributed by atoms with E-state index >= 15 is 0 Å². The van der Waals surface area contributed by atoms with Crippen LogP contribution in [-0.2, 0) is 17.6 Å². The first-order chi connectivity index (χ1) is 12.6. The van der Waals surface area contributed by atoms with Crippen molar-refractivity contribution < 1.29 is 14.0 Å². The zero-order valence-corrected chi connectivity index (χ0v) is 14.4. The minimum atomic E-state index is -0.797. The minimum Gasteiger partial charge on any atom is -0.422 e. The van der Waals surface area contributed by atoms with E-state index in [0.717, 1.165) is 49.7 Å². The summed E-state index contributed by atoms with van der Waals surface area (Å²) >= 11 is 0. The Hall–Kier alpha value is -2.67. The summed E-state index contributed by atoms with van der Waals surface area (Å²) in [6.07, 6.45) is 4.54. The van der Waals surface area contributed by atoms with Crippen LogP contribution in [0.4, 0.5) is 5.69 Å². The van der Waals surface area contributed by atoms with E-state index in [2.05, 4.69) is 10.2 Å². The average molecular weight is 355 g/mol. The van der Waals surface area contributed by atoms with Gasteiger partial charge < -0.3 is 25.2 Å². The lowest BCUT2D eigenvalue weighted by molar-refractivity contribution is -0.108. The molecule has 1 amide bonds. The third-order valence-corrected chi connectivity index (χ3v) is 5.13. The van der Waals surface area contributed by atoms with Gasteiger partial charge in [0.25, 0.3) is 5.91 Å². The van der Waals surface area contributed by atoms with Gasteiger partial charge in [0.05, 0.1) is 6.04 Å². The maximum Gasteiger partial charge on any atom is 0.349 e. The van der Waals surface area contributed by atoms with Crippen LogP contribution in [0, 0.1) is 0 Å². The van der Waals surface area contributed by atoms with Gasteiger partial charge in [-0.3, -0.25) is 4.79 Å². The average Bonchev–Trinajstić information content (AvgIpc) is 2.66. The summed E-state index contributed by atoms with van der Waals surface area (Å²) < 4.78 is 5.57. The number of carbonyl (C=O) groups excluding carboxylic acids is 2. The van der Waals surface area contributed by atoms with Crippen molar-refractivity contribution in [3.63, 3.8) is 0 Å². The number of hydrogen-bond donors (Lipinski definition) is 2. The fourth-order valence-electron chi connectivity index (χ4n) is 3.96. The molecule has 1 unspecified atom stereocenters. The van der Waals surface area contributed by atoms with Crippen LogP contribution in [0.1, 0.15) is 34.3 Å². The second-order valence-electron chi connectivity index (χ2n) is 6.93. The van der Waals surface area contributed by atoms with E-state index in [-0.39, 0.29) is 12.1 Å². The molecule has 0 saturated carbocycles. The molecule has 0 spiro atoms. The molecule has 26 heavy (non-hydrogen) atoms. The van der Waals surface area contributed by atoms with Gasteiger partial charge in [-0.1, -0.05) is 0 Å². The predicted octanol–water partition coefficient (Wildman–Crippen LogP) is 0.748. The van der Waals surface area contributed by atoms with Gasteiger partial charge in [0.15, 0.2) is 0 Å². The maximum atomic E-state index is 12.4. The molecule has 0 radical (unpaired) electrons. The van der Waals surface area contributed by atoms with Gasteiger partial charge in [0.2, 0.25) is 0 Å². The van der Waals surface area contributed by atoms with Crippen LogP contribution in [0.15, 0.2) is 21.3 Å². The summed E-state index contributed by atoms with van der Waals surface area (Å²) in [5.74, 6) is -0.578. The van der Waals surface area contributed by atoms with Gasteiger partial charge in [-0.15, -0.1) is 0 Å². The summed E-state index contributed by atoms with van der Waals surface area (Å²) in [5.41, 5.74) is 8.87. The lowest BCUT2D eigenvalue weighted by Gasteiger charge is -2.37. The van der Waals surface area contributed by atoms with Crippen LogP contribution in [-0.4, -0.2) is 37.9 Å². The van der Waals surface area contributed by atoms with Crippen molar-refractivity contribution in [2.45, 2.75) is 31.7 Å². The van der Waals surface area contributed by atoms with Crippen LogP contribution >= 0.6 is 0 Å². The largest absolute Gasteiger partial charge is 0.422 e. The second kappa shape index (κ2) is 6.57. The molecule has 4 rings (SSSR count). The zero-order chi connectivity index (χ0) is 18.3. The van der Waals surface area contributed by atoms with E-state index in [1.54, 1.807) is 6.07 Å². The molecule has 0 saturated heterocycles. The van der Waals surface area contributed by atoms with Crippen LogP contribution in [0.3, 0.4) is 0 Å². The molecule has 136 valence electrons. The molecule has 1 aromatic carbocycles. The fraction of sp³-hybridized carbons (Fsp3) is 0.421. The van der Waals surface area contributed by atoms with Crippen molar-refractivity contribution in [1.82, 2.24) is 5.32 Å². The highest BCUT2D eigenvalue weighted by Gasteiger charge is 2.27. The van der Waals surface area contributed by atoms with Crippen LogP contribution in [0.25, 0.3) is 11.0 Å². The Labute approximate surface area is 150 Å². The van der Waals surface area contributed by atoms with Gasteiger partial charge >= 0.3 is 5.63 Å². The van der Waals surface area contributed by atoms with E-state index in [1.807, 2.05) is 6.07 Å². The van der Waals surface area contributed by atoms with Crippen molar-refractivity contribution in [2.24, 2.45) is 5.73 Å². The van der Waals surface area contributed by atoms with Gasteiger partial charge in [-0.2, -0.15) is 0 Å². The van der Waals surface area contributed by atoms with E-state index in [1.165, 1.54) is 11.3 Å². The molecule has 0 bridgehead atoms. The molecule has 3 N–H and O–H groups in total. The lowest BCUT2D eigenvalue weighted by atomic mass is 9.90. The van der Waals surface area contributed by atoms with Gasteiger partial charge in [0, 0.05) is 36.3 Å². The Kier molecular flexibility index (Phi) is 4.24. The summed E-state index contributed by atoms with van der Waals surface area (Å²) in [4.78, 5) is 37.6. The van der Waals surface area contributed by atoms with Gasteiger partial charge in [0.1, 0.15) is 17.4 Å². The Morgan fingerprint density at radius 1 is 1.31 bits per heavy atom. The van der Waals surface area contributed by atoms with Gasteiger partial charge in [-0.05, 0) is 43.4 Å². The molecule has 1 atom stereocenters. The first-order valence-corrected chi connectivity index (χ1v) is 8.95. The Bertz CT molecular complexity index is 948. The quantitative estimate of drug-likeness (QED) is 0.619. The van der Waals surface area contributed by atoms with Crippen LogP contribution in [0.2, 0.25) is 0 Å². The summed E-state index contributed by atoms with van der Waals surface area (Å²) in [6, 6.07) is 2.82. The third-order valence-electron chi connectivity index (χ3n) is 5.13. The number of anilines is 1. The minimum absolute atomic E-state index is 0.0236. The van der Waals surface area contributed by atoms with E-state index in [0.29, 0.717) is 11.9 Å². The topological polar surface area (TPSA) is 106 Å². The third kappa shape index (κ3) is 2.78. The molecule has 0 aliphatic carbocycles. The van der Waals surface area contributed by atoms with Crippen LogP contribution < -0.4 is 21.6 Å². The Morgan fingerprint density at radius 2 is 2.08 bits per heavy atom. The van der Waals surface area contributed by atoms with Crippen molar-refractivity contribution >= 4 is 28.8 Å². The summed E-state index contributed by atoms with van der Waals surface area (Å²) in [5, 5.41) is 3.27. The van der Waals surface area contributed by atoms with E-state index < -0.39 is 17.6 Å². The molecular weight excluding hydrogens is 334 g/mol. The van der Waals surface area contributed by atoms with Crippen molar-refractivity contribution in [3.8, 4) is 0 Å². The van der Waals surface area contributed by atoms with E-state index in [4.69, 9.17) is 10.2 Å². The predicted molar refractivity (Wildman–Crippen MR) is 97.7 cm³/mol. The monoisotopic (exact) mass is 355 g/mol. The zero-order valence-electron chi connectivity index (χ0n) is 14.4. The number of fused-ring (bicyclic) bond motifs is 2. The first-order valence-electron chi connectivity index (χ1n) is 8.95. The summed E-state index contributed by atoms with van der Waals surface area (Å²) in [7, 11) is 0. The molecule has 1 aromatic heterocycles. The van der Waals surface area contributed by atoms with Crippen molar-refractivity contribution in [2.75, 3.05) is 24.5 Å². The molecule has 0 fully saturated rings. The molecule has 2 aliphatic heterocycles. The summed E-state index contributed by atoms with van der Waals surface area (Å²) in [6.45, 7) is 2.05. The van der Waals surface area contributed by atoms with Crippen LogP contribution in [0.5, 0.6) is 0 Å². The smallest absolute Gasteiger partial charge is 0.349 e. The number of nitrogens with two attached hydrogens (primary N) is 1. The molecular formula is C19H21N3O4.